The Hall–Kier alpha value is -2.93. The summed E-state index contributed by atoms with van der Waals surface area (Å²) in [6.45, 7) is 4.71. The third-order valence-electron chi connectivity index (χ3n) is 5.30. The Labute approximate surface area is 184 Å². The van der Waals surface area contributed by atoms with Crippen molar-refractivity contribution in [2.45, 2.75) is 6.92 Å². The fourth-order valence-electron chi connectivity index (χ4n) is 3.74. The number of anilines is 1. The molecule has 1 aromatic heterocycles. The van der Waals surface area contributed by atoms with Gasteiger partial charge in [-0.1, -0.05) is 40.2 Å². The van der Waals surface area contributed by atoms with Crippen LogP contribution in [-0.2, 0) is 4.79 Å². The standard InChI is InChI=1S/C23H23BrN4O2/c1-16-13-20(19-8-7-17(24)14-21(19)26-16)23(30)25-15-22(29)28-11-9-27(10-12-28)18-5-3-2-4-6-18/h2-8,13-14H,9-12,15H2,1H3,(H,25,30). The number of nitrogens with zero attached hydrogens (tertiary/aromatic N) is 3. The number of rotatable bonds is 4. The zero-order valence-electron chi connectivity index (χ0n) is 16.8. The van der Waals surface area contributed by atoms with Crippen LogP contribution in [0.4, 0.5) is 5.69 Å². The predicted octanol–water partition coefficient (Wildman–Crippen LogP) is 3.38. The van der Waals surface area contributed by atoms with Crippen LogP contribution in [0.1, 0.15) is 16.1 Å². The number of amides is 2. The Bertz CT molecular complexity index is 1070. The maximum absolute atomic E-state index is 12.8. The van der Waals surface area contributed by atoms with Gasteiger partial charge in [-0.15, -0.1) is 0 Å². The number of fused-ring (bicyclic) bond motifs is 1. The maximum atomic E-state index is 12.8. The van der Waals surface area contributed by atoms with Gasteiger partial charge in [0.05, 0.1) is 17.6 Å². The van der Waals surface area contributed by atoms with Crippen LogP contribution in [0.3, 0.4) is 0 Å². The van der Waals surface area contributed by atoms with Crippen LogP contribution in [0.2, 0.25) is 0 Å². The largest absolute Gasteiger partial charge is 0.368 e. The molecule has 0 spiro atoms. The molecule has 0 atom stereocenters. The van der Waals surface area contributed by atoms with Crippen LogP contribution < -0.4 is 10.2 Å². The fraction of sp³-hybridized carbons (Fsp3) is 0.261. The molecule has 2 heterocycles. The summed E-state index contributed by atoms with van der Waals surface area (Å²) >= 11 is 3.44. The number of aryl methyl sites for hydroxylation is 1. The van der Waals surface area contributed by atoms with E-state index in [2.05, 4.69) is 43.3 Å². The number of benzene rings is 2. The summed E-state index contributed by atoms with van der Waals surface area (Å²) in [6, 6.07) is 17.6. The summed E-state index contributed by atoms with van der Waals surface area (Å²) in [5.74, 6) is -0.321. The second-order valence-corrected chi connectivity index (χ2v) is 8.27. The number of carbonyl (C=O) groups is 2. The summed E-state index contributed by atoms with van der Waals surface area (Å²) in [4.78, 5) is 34.0. The molecule has 1 N–H and O–H groups in total. The zero-order chi connectivity index (χ0) is 21.1. The lowest BCUT2D eigenvalue weighted by Crippen LogP contribution is -2.51. The van der Waals surface area contributed by atoms with E-state index < -0.39 is 0 Å². The second kappa shape index (κ2) is 8.83. The molecule has 30 heavy (non-hydrogen) atoms. The third kappa shape index (κ3) is 4.46. The highest BCUT2D eigenvalue weighted by Crippen LogP contribution is 2.22. The first-order valence-electron chi connectivity index (χ1n) is 9.94. The molecule has 1 saturated heterocycles. The molecule has 1 aliphatic rings. The van der Waals surface area contributed by atoms with E-state index in [-0.39, 0.29) is 18.4 Å². The van der Waals surface area contributed by atoms with Crippen LogP contribution >= 0.6 is 15.9 Å². The SMILES string of the molecule is Cc1cc(C(=O)NCC(=O)N2CCN(c3ccccc3)CC2)c2ccc(Br)cc2n1. The Morgan fingerprint density at radius 3 is 2.50 bits per heavy atom. The normalized spacial score (nSPS) is 14.1. The number of aromatic nitrogens is 1. The Balaban J connectivity index is 1.37. The van der Waals surface area contributed by atoms with Gasteiger partial charge in [0, 0.05) is 47.4 Å². The minimum absolute atomic E-state index is 0.0104. The molecule has 154 valence electrons. The first-order valence-corrected chi connectivity index (χ1v) is 10.7. The second-order valence-electron chi connectivity index (χ2n) is 7.36. The lowest BCUT2D eigenvalue weighted by molar-refractivity contribution is -0.130. The fourth-order valence-corrected chi connectivity index (χ4v) is 4.09. The zero-order valence-corrected chi connectivity index (χ0v) is 18.4. The number of halogens is 1. The van der Waals surface area contributed by atoms with Gasteiger partial charge in [-0.2, -0.15) is 0 Å². The van der Waals surface area contributed by atoms with E-state index >= 15 is 0 Å². The van der Waals surface area contributed by atoms with E-state index in [1.807, 2.05) is 48.2 Å². The first kappa shape index (κ1) is 20.3. The third-order valence-corrected chi connectivity index (χ3v) is 5.79. The summed E-state index contributed by atoms with van der Waals surface area (Å²) in [6.07, 6.45) is 0. The number of carbonyl (C=O) groups excluding carboxylic acids is 2. The van der Waals surface area contributed by atoms with E-state index in [9.17, 15) is 9.59 Å². The number of hydrogen-bond donors (Lipinski definition) is 1. The first-order chi connectivity index (χ1) is 14.5. The van der Waals surface area contributed by atoms with E-state index in [0.717, 1.165) is 34.2 Å². The number of pyridine rings is 1. The van der Waals surface area contributed by atoms with Gasteiger partial charge in [0.2, 0.25) is 5.91 Å². The maximum Gasteiger partial charge on any atom is 0.252 e. The summed E-state index contributed by atoms with van der Waals surface area (Å²) in [5, 5.41) is 3.56. The Morgan fingerprint density at radius 1 is 1.03 bits per heavy atom. The molecule has 2 aromatic carbocycles. The quantitative estimate of drug-likeness (QED) is 0.639. The van der Waals surface area contributed by atoms with Gasteiger partial charge in [-0.25, -0.2) is 0 Å². The van der Waals surface area contributed by atoms with Gasteiger partial charge in [0.25, 0.3) is 5.91 Å². The van der Waals surface area contributed by atoms with Crippen molar-refractivity contribution >= 4 is 44.3 Å². The Kier molecular flexibility index (Phi) is 5.99. The van der Waals surface area contributed by atoms with Crippen molar-refractivity contribution in [1.29, 1.82) is 0 Å². The molecule has 0 radical (unpaired) electrons. The summed E-state index contributed by atoms with van der Waals surface area (Å²) in [5.41, 5.74) is 3.21. The van der Waals surface area contributed by atoms with Crippen molar-refractivity contribution < 1.29 is 9.59 Å². The number of para-hydroxylation sites is 1. The number of hydrogen-bond acceptors (Lipinski definition) is 4. The van der Waals surface area contributed by atoms with Gasteiger partial charge in [-0.3, -0.25) is 14.6 Å². The molecular weight excluding hydrogens is 444 g/mol. The molecule has 0 saturated carbocycles. The van der Waals surface area contributed by atoms with Gasteiger partial charge < -0.3 is 15.1 Å². The van der Waals surface area contributed by atoms with Crippen molar-refractivity contribution in [2.75, 3.05) is 37.6 Å². The number of nitrogens with one attached hydrogen (secondary N) is 1. The molecule has 2 amide bonds. The molecule has 0 aliphatic carbocycles. The van der Waals surface area contributed by atoms with Crippen molar-refractivity contribution in [2.24, 2.45) is 0 Å². The summed E-state index contributed by atoms with van der Waals surface area (Å²) in [7, 11) is 0. The monoisotopic (exact) mass is 466 g/mol. The molecule has 7 heteroatoms. The molecule has 6 nitrogen and oxygen atoms in total. The van der Waals surface area contributed by atoms with Crippen LogP contribution in [0, 0.1) is 6.92 Å². The molecule has 4 rings (SSSR count). The molecule has 1 fully saturated rings. The topological polar surface area (TPSA) is 65.5 Å². The predicted molar refractivity (Wildman–Crippen MR) is 122 cm³/mol. The lowest BCUT2D eigenvalue weighted by Gasteiger charge is -2.36. The van der Waals surface area contributed by atoms with Crippen molar-refractivity contribution in [1.82, 2.24) is 15.2 Å². The van der Waals surface area contributed by atoms with Crippen LogP contribution in [0.15, 0.2) is 59.1 Å². The van der Waals surface area contributed by atoms with Gasteiger partial charge in [0.15, 0.2) is 0 Å². The van der Waals surface area contributed by atoms with E-state index in [1.165, 1.54) is 5.69 Å². The van der Waals surface area contributed by atoms with Crippen molar-refractivity contribution in [3.63, 3.8) is 0 Å². The summed E-state index contributed by atoms with van der Waals surface area (Å²) < 4.78 is 0.907. The smallest absolute Gasteiger partial charge is 0.252 e. The highest BCUT2D eigenvalue weighted by Gasteiger charge is 2.22. The van der Waals surface area contributed by atoms with Crippen LogP contribution in [0.25, 0.3) is 10.9 Å². The van der Waals surface area contributed by atoms with Gasteiger partial charge in [0.1, 0.15) is 0 Å². The highest BCUT2D eigenvalue weighted by molar-refractivity contribution is 9.10. The molecule has 0 bridgehead atoms. The molecule has 0 unspecified atom stereocenters. The van der Waals surface area contributed by atoms with Crippen LogP contribution in [-0.4, -0.2) is 54.4 Å². The van der Waals surface area contributed by atoms with Crippen molar-refractivity contribution in [3.8, 4) is 0 Å². The lowest BCUT2D eigenvalue weighted by atomic mass is 10.1. The Morgan fingerprint density at radius 2 is 1.77 bits per heavy atom. The van der Waals surface area contributed by atoms with E-state index in [1.54, 1.807) is 6.07 Å². The molecule has 3 aromatic rings. The number of piperazine rings is 1. The van der Waals surface area contributed by atoms with E-state index in [4.69, 9.17) is 0 Å². The highest BCUT2D eigenvalue weighted by atomic mass is 79.9. The minimum Gasteiger partial charge on any atom is -0.368 e. The minimum atomic E-state index is -0.260. The average molecular weight is 467 g/mol. The van der Waals surface area contributed by atoms with Crippen molar-refractivity contribution in [3.05, 3.63) is 70.3 Å². The average Bonchev–Trinajstić information content (AvgIpc) is 2.77. The van der Waals surface area contributed by atoms with Crippen LogP contribution in [0.5, 0.6) is 0 Å². The van der Waals surface area contributed by atoms with Gasteiger partial charge in [-0.05, 0) is 37.3 Å². The van der Waals surface area contributed by atoms with Gasteiger partial charge >= 0.3 is 0 Å². The molecular formula is C23H23BrN4O2. The van der Waals surface area contributed by atoms with E-state index in [0.29, 0.717) is 18.7 Å². The molecule has 1 aliphatic heterocycles.